The highest BCUT2D eigenvalue weighted by Gasteiger charge is 2.32. The van der Waals surface area contributed by atoms with E-state index in [1.54, 1.807) is 6.07 Å². The Morgan fingerprint density at radius 3 is 2.91 bits per heavy atom. The summed E-state index contributed by atoms with van der Waals surface area (Å²) in [4.78, 5) is 28.4. The zero-order valence-electron chi connectivity index (χ0n) is 12.8. The van der Waals surface area contributed by atoms with Gasteiger partial charge in [-0.25, -0.2) is 0 Å². The molecule has 0 saturated carbocycles. The molecule has 2 N–H and O–H groups in total. The van der Waals surface area contributed by atoms with E-state index in [9.17, 15) is 9.59 Å². The van der Waals surface area contributed by atoms with Gasteiger partial charge in [-0.2, -0.15) is 0 Å². The van der Waals surface area contributed by atoms with Crippen molar-refractivity contribution in [1.82, 2.24) is 9.80 Å². The summed E-state index contributed by atoms with van der Waals surface area (Å²) in [6.45, 7) is 2.47. The summed E-state index contributed by atoms with van der Waals surface area (Å²) >= 11 is 0. The smallest absolute Gasteiger partial charge is 0.257 e. The Bertz CT molecular complexity index is 555. The van der Waals surface area contributed by atoms with Gasteiger partial charge in [0.25, 0.3) is 5.91 Å². The zero-order valence-corrected chi connectivity index (χ0v) is 12.8. The molecule has 6 nitrogen and oxygen atoms in total. The summed E-state index contributed by atoms with van der Waals surface area (Å²) < 4.78 is 5.25. The third-order valence-corrected chi connectivity index (χ3v) is 4.59. The van der Waals surface area contributed by atoms with Crippen LogP contribution >= 0.6 is 0 Å². The first-order valence-corrected chi connectivity index (χ1v) is 8.05. The fraction of sp³-hybridized carbons (Fsp3) is 0.625. The van der Waals surface area contributed by atoms with Gasteiger partial charge in [0.1, 0.15) is 12.0 Å². The maximum atomic E-state index is 12.6. The van der Waals surface area contributed by atoms with E-state index in [1.165, 1.54) is 6.26 Å². The molecule has 2 aliphatic heterocycles. The van der Waals surface area contributed by atoms with Crippen LogP contribution in [0.1, 0.15) is 48.2 Å². The molecule has 1 aromatic heterocycles. The molecule has 0 aliphatic carbocycles. The van der Waals surface area contributed by atoms with Crippen LogP contribution in [-0.4, -0.2) is 47.3 Å². The number of rotatable bonds is 3. The predicted molar refractivity (Wildman–Crippen MR) is 81.1 cm³/mol. The van der Waals surface area contributed by atoms with Crippen LogP contribution in [0.15, 0.2) is 16.7 Å². The first-order chi connectivity index (χ1) is 10.7. The molecule has 2 amide bonds. The van der Waals surface area contributed by atoms with Crippen LogP contribution in [0, 0.1) is 0 Å². The van der Waals surface area contributed by atoms with Crippen LogP contribution in [0.3, 0.4) is 0 Å². The minimum atomic E-state index is -0.0300. The van der Waals surface area contributed by atoms with Gasteiger partial charge in [0.2, 0.25) is 5.91 Å². The number of hydrogen-bond acceptors (Lipinski definition) is 4. The second-order valence-corrected chi connectivity index (χ2v) is 6.10. The van der Waals surface area contributed by atoms with Crippen molar-refractivity contribution in [2.45, 2.75) is 44.7 Å². The lowest BCUT2D eigenvalue weighted by atomic mass is 10.00. The van der Waals surface area contributed by atoms with Gasteiger partial charge in [-0.3, -0.25) is 9.59 Å². The van der Waals surface area contributed by atoms with Crippen molar-refractivity contribution >= 4 is 11.8 Å². The first-order valence-electron chi connectivity index (χ1n) is 8.05. The molecule has 0 aromatic carbocycles. The largest absolute Gasteiger partial charge is 0.467 e. The molecule has 1 unspecified atom stereocenters. The molecule has 120 valence electrons. The Balaban J connectivity index is 1.67. The van der Waals surface area contributed by atoms with Crippen molar-refractivity contribution in [2.24, 2.45) is 5.73 Å². The van der Waals surface area contributed by atoms with E-state index in [0.29, 0.717) is 24.3 Å². The number of carbonyl (C=O) groups is 2. The molecular formula is C16H23N3O3. The number of piperidine rings is 2. The summed E-state index contributed by atoms with van der Waals surface area (Å²) in [5.74, 6) is 0.819. The zero-order chi connectivity index (χ0) is 15.5. The van der Waals surface area contributed by atoms with E-state index < -0.39 is 0 Å². The molecule has 2 aliphatic rings. The first kappa shape index (κ1) is 15.1. The topological polar surface area (TPSA) is 79.8 Å². The van der Waals surface area contributed by atoms with Crippen molar-refractivity contribution in [3.63, 3.8) is 0 Å². The van der Waals surface area contributed by atoms with Crippen LogP contribution in [0.5, 0.6) is 0 Å². The Hall–Kier alpha value is -1.82. The van der Waals surface area contributed by atoms with E-state index in [4.69, 9.17) is 10.2 Å². The van der Waals surface area contributed by atoms with E-state index in [2.05, 4.69) is 0 Å². The van der Waals surface area contributed by atoms with Gasteiger partial charge in [-0.1, -0.05) is 0 Å². The monoisotopic (exact) mass is 305 g/mol. The van der Waals surface area contributed by atoms with E-state index in [-0.39, 0.29) is 24.4 Å². The summed E-state index contributed by atoms with van der Waals surface area (Å²) in [5.41, 5.74) is 6.06. The van der Waals surface area contributed by atoms with Gasteiger partial charge < -0.3 is 20.0 Å². The third kappa shape index (κ3) is 3.02. The molecule has 3 rings (SSSR count). The predicted octanol–water partition coefficient (Wildman–Crippen LogP) is 1.36. The van der Waals surface area contributed by atoms with Crippen LogP contribution in [-0.2, 0) is 11.3 Å². The SMILES string of the molecule is NCc1cc(C(=O)N2CCCC(N3CCCCC3=O)C2)co1. The third-order valence-electron chi connectivity index (χ3n) is 4.59. The molecule has 3 heterocycles. The maximum absolute atomic E-state index is 12.6. The lowest BCUT2D eigenvalue weighted by molar-refractivity contribution is -0.136. The van der Waals surface area contributed by atoms with Crippen molar-refractivity contribution < 1.29 is 14.0 Å². The number of hydrogen-bond donors (Lipinski definition) is 1. The average molecular weight is 305 g/mol. The molecular weight excluding hydrogens is 282 g/mol. The Morgan fingerprint density at radius 1 is 1.32 bits per heavy atom. The quantitative estimate of drug-likeness (QED) is 0.914. The number of furan rings is 1. The maximum Gasteiger partial charge on any atom is 0.257 e. The Morgan fingerprint density at radius 2 is 2.18 bits per heavy atom. The number of nitrogens with zero attached hydrogens (tertiary/aromatic N) is 2. The minimum absolute atomic E-state index is 0.0300. The second kappa shape index (κ2) is 6.52. The minimum Gasteiger partial charge on any atom is -0.467 e. The van der Waals surface area contributed by atoms with Gasteiger partial charge in [0.05, 0.1) is 12.1 Å². The van der Waals surface area contributed by atoms with Crippen molar-refractivity contribution in [3.05, 3.63) is 23.7 Å². The summed E-state index contributed by atoms with van der Waals surface area (Å²) in [6, 6.07) is 1.87. The number of amides is 2. The molecule has 22 heavy (non-hydrogen) atoms. The summed E-state index contributed by atoms with van der Waals surface area (Å²) in [5, 5.41) is 0. The highest BCUT2D eigenvalue weighted by atomic mass is 16.3. The lowest BCUT2D eigenvalue weighted by Crippen LogP contribution is -2.52. The van der Waals surface area contributed by atoms with Crippen LogP contribution in [0.25, 0.3) is 0 Å². The molecule has 2 fully saturated rings. The fourth-order valence-corrected chi connectivity index (χ4v) is 3.39. The van der Waals surface area contributed by atoms with Crippen LogP contribution in [0.2, 0.25) is 0 Å². The highest BCUT2D eigenvalue weighted by Crippen LogP contribution is 2.22. The van der Waals surface area contributed by atoms with Crippen molar-refractivity contribution in [2.75, 3.05) is 19.6 Å². The molecule has 1 atom stereocenters. The van der Waals surface area contributed by atoms with Crippen LogP contribution < -0.4 is 5.73 Å². The van der Waals surface area contributed by atoms with E-state index in [1.807, 2.05) is 9.80 Å². The van der Waals surface area contributed by atoms with Gasteiger partial charge in [-0.15, -0.1) is 0 Å². The molecule has 0 radical (unpaired) electrons. The summed E-state index contributed by atoms with van der Waals surface area (Å²) in [6.07, 6.45) is 6.09. The number of carbonyl (C=O) groups excluding carboxylic acids is 2. The molecule has 0 bridgehead atoms. The highest BCUT2D eigenvalue weighted by molar-refractivity contribution is 5.94. The fourth-order valence-electron chi connectivity index (χ4n) is 3.39. The van der Waals surface area contributed by atoms with Crippen LogP contribution in [0.4, 0.5) is 0 Å². The van der Waals surface area contributed by atoms with E-state index in [0.717, 1.165) is 38.8 Å². The molecule has 1 aromatic rings. The van der Waals surface area contributed by atoms with E-state index >= 15 is 0 Å². The molecule has 2 saturated heterocycles. The standard InChI is InChI=1S/C16H23N3O3/c17-9-14-8-12(11-22-14)16(21)18-6-3-4-13(10-18)19-7-2-1-5-15(19)20/h8,11,13H,1-7,9-10,17H2. The Labute approximate surface area is 130 Å². The Kier molecular flexibility index (Phi) is 4.47. The normalized spacial score (nSPS) is 23.0. The summed E-state index contributed by atoms with van der Waals surface area (Å²) in [7, 11) is 0. The average Bonchev–Trinajstić information content (AvgIpc) is 3.04. The van der Waals surface area contributed by atoms with Gasteiger partial charge in [-0.05, 0) is 31.7 Å². The lowest BCUT2D eigenvalue weighted by Gasteiger charge is -2.40. The second-order valence-electron chi connectivity index (χ2n) is 6.10. The molecule has 6 heteroatoms. The molecule has 0 spiro atoms. The number of nitrogens with two attached hydrogens (primary N) is 1. The number of likely N-dealkylation sites (tertiary alicyclic amines) is 2. The van der Waals surface area contributed by atoms with Crippen molar-refractivity contribution in [3.8, 4) is 0 Å². The van der Waals surface area contributed by atoms with Gasteiger partial charge in [0, 0.05) is 32.1 Å². The van der Waals surface area contributed by atoms with Crippen molar-refractivity contribution in [1.29, 1.82) is 0 Å². The van der Waals surface area contributed by atoms with Gasteiger partial charge in [0.15, 0.2) is 0 Å². The van der Waals surface area contributed by atoms with Gasteiger partial charge >= 0.3 is 0 Å².